The highest BCUT2D eigenvalue weighted by Gasteiger charge is 2.21. The van der Waals surface area contributed by atoms with Crippen LogP contribution in [0.1, 0.15) is 12.5 Å². The average Bonchev–Trinajstić information content (AvgIpc) is 2.36. The van der Waals surface area contributed by atoms with Crippen molar-refractivity contribution in [2.75, 3.05) is 13.7 Å². The summed E-state index contributed by atoms with van der Waals surface area (Å²) in [7, 11) is 1.25. The number of esters is 1. The smallest absolute Gasteiger partial charge is 0.331 e. The van der Waals surface area contributed by atoms with Gasteiger partial charge in [0.1, 0.15) is 12.4 Å². The van der Waals surface area contributed by atoms with E-state index in [1.807, 2.05) is 13.0 Å². The standard InChI is InChI=1S/C13H16ClNO4/c1-8-4-5-10(14)6-12(8)19-7-11(13(17)18-3)15-9(2)16/h4-6,11H,7H2,1-3H3,(H,15,16). The second kappa shape index (κ2) is 6.99. The van der Waals surface area contributed by atoms with Crippen molar-refractivity contribution in [2.24, 2.45) is 0 Å². The van der Waals surface area contributed by atoms with Crippen molar-refractivity contribution < 1.29 is 19.1 Å². The highest BCUT2D eigenvalue weighted by atomic mass is 35.5. The largest absolute Gasteiger partial charge is 0.490 e. The number of rotatable bonds is 5. The molecule has 0 aliphatic carbocycles. The molecule has 1 amide bonds. The van der Waals surface area contributed by atoms with Crippen LogP contribution < -0.4 is 10.1 Å². The van der Waals surface area contributed by atoms with Gasteiger partial charge in [0.25, 0.3) is 0 Å². The molecule has 0 aliphatic rings. The summed E-state index contributed by atoms with van der Waals surface area (Å²) in [5.41, 5.74) is 0.885. The Labute approximate surface area is 116 Å². The molecule has 19 heavy (non-hydrogen) atoms. The first-order valence-electron chi connectivity index (χ1n) is 5.68. The maximum Gasteiger partial charge on any atom is 0.331 e. The minimum Gasteiger partial charge on any atom is -0.490 e. The third-order valence-electron chi connectivity index (χ3n) is 2.42. The molecule has 0 radical (unpaired) electrons. The zero-order valence-corrected chi connectivity index (χ0v) is 11.8. The van der Waals surface area contributed by atoms with Crippen LogP contribution in [0.2, 0.25) is 5.02 Å². The van der Waals surface area contributed by atoms with E-state index in [0.717, 1.165) is 5.56 Å². The van der Waals surface area contributed by atoms with Gasteiger partial charge in [-0.05, 0) is 24.6 Å². The number of carbonyl (C=O) groups is 2. The maximum absolute atomic E-state index is 11.5. The quantitative estimate of drug-likeness (QED) is 0.837. The van der Waals surface area contributed by atoms with Crippen LogP contribution in [-0.2, 0) is 14.3 Å². The topological polar surface area (TPSA) is 64.6 Å². The van der Waals surface area contributed by atoms with E-state index in [4.69, 9.17) is 16.3 Å². The number of hydrogen-bond donors (Lipinski definition) is 1. The number of hydrogen-bond acceptors (Lipinski definition) is 4. The van der Waals surface area contributed by atoms with E-state index >= 15 is 0 Å². The molecule has 1 aromatic carbocycles. The molecule has 104 valence electrons. The van der Waals surface area contributed by atoms with Crippen molar-refractivity contribution in [3.05, 3.63) is 28.8 Å². The summed E-state index contributed by atoms with van der Waals surface area (Å²) in [6.07, 6.45) is 0. The molecule has 0 saturated carbocycles. The van der Waals surface area contributed by atoms with Crippen LogP contribution in [0, 0.1) is 6.92 Å². The van der Waals surface area contributed by atoms with E-state index in [9.17, 15) is 9.59 Å². The number of methoxy groups -OCH3 is 1. The first kappa shape index (κ1) is 15.3. The fraction of sp³-hybridized carbons (Fsp3) is 0.385. The second-order valence-corrected chi connectivity index (χ2v) is 4.43. The van der Waals surface area contributed by atoms with Crippen LogP contribution in [0.3, 0.4) is 0 Å². The molecular formula is C13H16ClNO4. The van der Waals surface area contributed by atoms with Gasteiger partial charge in [0.05, 0.1) is 7.11 Å². The van der Waals surface area contributed by atoms with Crippen molar-refractivity contribution in [1.82, 2.24) is 5.32 Å². The van der Waals surface area contributed by atoms with E-state index < -0.39 is 12.0 Å². The molecule has 0 saturated heterocycles. The molecule has 1 aromatic rings. The van der Waals surface area contributed by atoms with Crippen molar-refractivity contribution in [1.29, 1.82) is 0 Å². The summed E-state index contributed by atoms with van der Waals surface area (Å²) in [5, 5.41) is 3.00. The normalized spacial score (nSPS) is 11.6. The molecule has 1 atom stereocenters. The minimum absolute atomic E-state index is 0.0204. The van der Waals surface area contributed by atoms with Crippen molar-refractivity contribution in [3.8, 4) is 5.75 Å². The third-order valence-corrected chi connectivity index (χ3v) is 2.65. The van der Waals surface area contributed by atoms with Gasteiger partial charge in [0.15, 0.2) is 6.04 Å². The van der Waals surface area contributed by atoms with Crippen LogP contribution in [0.5, 0.6) is 5.75 Å². The molecule has 1 N–H and O–H groups in total. The van der Waals surface area contributed by atoms with Gasteiger partial charge in [-0.3, -0.25) is 4.79 Å². The molecule has 1 rings (SSSR count). The molecule has 0 heterocycles. The Bertz CT molecular complexity index is 476. The lowest BCUT2D eigenvalue weighted by molar-refractivity contribution is -0.145. The fourth-order valence-corrected chi connectivity index (χ4v) is 1.62. The number of nitrogens with one attached hydrogen (secondary N) is 1. The molecule has 5 nitrogen and oxygen atoms in total. The molecular weight excluding hydrogens is 270 g/mol. The van der Waals surface area contributed by atoms with Crippen molar-refractivity contribution in [2.45, 2.75) is 19.9 Å². The highest BCUT2D eigenvalue weighted by molar-refractivity contribution is 6.30. The van der Waals surface area contributed by atoms with Gasteiger partial charge in [-0.1, -0.05) is 17.7 Å². The van der Waals surface area contributed by atoms with E-state index in [0.29, 0.717) is 10.8 Å². The monoisotopic (exact) mass is 285 g/mol. The Balaban J connectivity index is 2.72. The van der Waals surface area contributed by atoms with Crippen LogP contribution in [0.15, 0.2) is 18.2 Å². The van der Waals surface area contributed by atoms with Gasteiger partial charge in [-0.2, -0.15) is 0 Å². The van der Waals surface area contributed by atoms with E-state index in [1.54, 1.807) is 12.1 Å². The number of amides is 1. The fourth-order valence-electron chi connectivity index (χ4n) is 1.46. The molecule has 0 spiro atoms. The number of carbonyl (C=O) groups excluding carboxylic acids is 2. The van der Waals surface area contributed by atoms with Gasteiger partial charge in [0.2, 0.25) is 5.91 Å². The Hall–Kier alpha value is -1.75. The molecule has 0 aliphatic heterocycles. The Morgan fingerprint density at radius 2 is 2.11 bits per heavy atom. The van der Waals surface area contributed by atoms with Gasteiger partial charge < -0.3 is 14.8 Å². The molecule has 0 bridgehead atoms. The zero-order chi connectivity index (χ0) is 14.4. The average molecular weight is 286 g/mol. The van der Waals surface area contributed by atoms with Gasteiger partial charge in [-0.15, -0.1) is 0 Å². The summed E-state index contributed by atoms with van der Waals surface area (Å²) in [6.45, 7) is 3.16. The summed E-state index contributed by atoms with van der Waals surface area (Å²) >= 11 is 5.86. The lowest BCUT2D eigenvalue weighted by atomic mass is 10.2. The van der Waals surface area contributed by atoms with Crippen molar-refractivity contribution in [3.63, 3.8) is 0 Å². The third kappa shape index (κ3) is 4.79. The van der Waals surface area contributed by atoms with Crippen molar-refractivity contribution >= 4 is 23.5 Å². The lowest BCUT2D eigenvalue weighted by Gasteiger charge is -2.17. The van der Waals surface area contributed by atoms with Gasteiger partial charge in [-0.25, -0.2) is 4.79 Å². The second-order valence-electron chi connectivity index (χ2n) is 4.00. The summed E-state index contributed by atoms with van der Waals surface area (Å²) in [6, 6.07) is 4.36. The van der Waals surface area contributed by atoms with Gasteiger partial charge >= 0.3 is 5.97 Å². The Kier molecular flexibility index (Phi) is 5.63. The van der Waals surface area contributed by atoms with Crippen LogP contribution in [0.25, 0.3) is 0 Å². The number of ether oxygens (including phenoxy) is 2. The summed E-state index contributed by atoms with van der Waals surface area (Å²) < 4.78 is 10.1. The van der Waals surface area contributed by atoms with Gasteiger partial charge in [0, 0.05) is 11.9 Å². The van der Waals surface area contributed by atoms with E-state index in [2.05, 4.69) is 10.1 Å². The summed E-state index contributed by atoms with van der Waals surface area (Å²) in [5.74, 6) is -0.330. The highest BCUT2D eigenvalue weighted by Crippen LogP contribution is 2.22. The van der Waals surface area contributed by atoms with E-state index in [-0.39, 0.29) is 12.5 Å². The van der Waals surface area contributed by atoms with Crippen LogP contribution in [0.4, 0.5) is 0 Å². The number of benzene rings is 1. The number of halogens is 1. The first-order chi connectivity index (χ1) is 8.93. The number of aryl methyl sites for hydroxylation is 1. The molecule has 0 fully saturated rings. The first-order valence-corrected chi connectivity index (χ1v) is 6.05. The maximum atomic E-state index is 11.5. The molecule has 6 heteroatoms. The molecule has 0 aromatic heterocycles. The molecule has 1 unspecified atom stereocenters. The predicted octanol–water partition coefficient (Wildman–Crippen LogP) is 1.70. The van der Waals surface area contributed by atoms with Crippen LogP contribution >= 0.6 is 11.6 Å². The Morgan fingerprint density at radius 3 is 2.68 bits per heavy atom. The lowest BCUT2D eigenvalue weighted by Crippen LogP contribution is -2.44. The van der Waals surface area contributed by atoms with Crippen LogP contribution in [-0.4, -0.2) is 31.6 Å². The zero-order valence-electron chi connectivity index (χ0n) is 11.0. The Morgan fingerprint density at radius 1 is 1.42 bits per heavy atom. The SMILES string of the molecule is COC(=O)C(COc1cc(Cl)ccc1C)NC(C)=O. The minimum atomic E-state index is -0.846. The van der Waals surface area contributed by atoms with E-state index in [1.165, 1.54) is 14.0 Å². The predicted molar refractivity (Wildman–Crippen MR) is 71.3 cm³/mol. The summed E-state index contributed by atoms with van der Waals surface area (Å²) in [4.78, 5) is 22.5.